The van der Waals surface area contributed by atoms with Crippen LogP contribution in [-0.4, -0.2) is 41.8 Å². The van der Waals surface area contributed by atoms with Crippen LogP contribution in [0.1, 0.15) is 16.8 Å². The largest absolute Gasteiger partial charge is 0.295 e. The fourth-order valence-corrected chi connectivity index (χ4v) is 3.38. The Bertz CT molecular complexity index is 387. The molecule has 0 spiro atoms. The van der Waals surface area contributed by atoms with Gasteiger partial charge >= 0.3 is 0 Å². The molecule has 1 aliphatic rings. The number of benzene rings is 1. The topological polar surface area (TPSA) is 20.3 Å². The Labute approximate surface area is 111 Å². The molecule has 17 heavy (non-hydrogen) atoms. The summed E-state index contributed by atoms with van der Waals surface area (Å²) in [5.74, 6) is 2.52. The van der Waals surface area contributed by atoms with Crippen LogP contribution in [0.3, 0.4) is 0 Å². The van der Waals surface area contributed by atoms with Gasteiger partial charge in [0.2, 0.25) is 0 Å². The van der Waals surface area contributed by atoms with E-state index < -0.39 is 0 Å². The number of thioether (sulfide) groups is 1. The number of Topliss-reactive ketones (excluding diaryl/α,β-unsaturated/α-hetero) is 1. The number of carbonyl (C=O) groups excluding carboxylic acids is 1. The molecule has 0 N–H and O–H groups in total. The quantitative estimate of drug-likeness (QED) is 0.784. The minimum absolute atomic E-state index is 0.168. The number of halogens is 1. The van der Waals surface area contributed by atoms with E-state index in [0.29, 0.717) is 17.6 Å². The lowest BCUT2D eigenvalue weighted by Crippen LogP contribution is -2.35. The molecule has 2 rings (SSSR count). The van der Waals surface area contributed by atoms with Gasteiger partial charge in [0.25, 0.3) is 0 Å². The zero-order valence-corrected chi connectivity index (χ0v) is 11.4. The van der Waals surface area contributed by atoms with E-state index in [2.05, 4.69) is 4.90 Å². The average Bonchev–Trinajstić information content (AvgIpc) is 2.83. The van der Waals surface area contributed by atoms with Gasteiger partial charge in [-0.1, -0.05) is 11.6 Å². The minimum atomic E-state index is 0.168. The summed E-state index contributed by atoms with van der Waals surface area (Å²) in [6.07, 6.45) is 1.19. The highest BCUT2D eigenvalue weighted by atomic mass is 35.5. The van der Waals surface area contributed by atoms with Crippen LogP contribution < -0.4 is 0 Å². The summed E-state index contributed by atoms with van der Waals surface area (Å²) in [7, 11) is 2.03. The summed E-state index contributed by atoms with van der Waals surface area (Å²) < 4.78 is 0. The van der Waals surface area contributed by atoms with Gasteiger partial charge in [0.05, 0.1) is 6.54 Å². The lowest BCUT2D eigenvalue weighted by atomic mass is 10.1. The van der Waals surface area contributed by atoms with E-state index in [9.17, 15) is 4.79 Å². The fraction of sp³-hybridized carbons (Fsp3) is 0.462. The van der Waals surface area contributed by atoms with Crippen LogP contribution in [0.2, 0.25) is 5.02 Å². The van der Waals surface area contributed by atoms with Crippen molar-refractivity contribution in [2.75, 3.05) is 25.1 Å². The molecule has 4 heteroatoms. The lowest BCUT2D eigenvalue weighted by Gasteiger charge is -2.22. The number of carbonyl (C=O) groups is 1. The molecule has 1 heterocycles. The van der Waals surface area contributed by atoms with Crippen LogP contribution in [0.4, 0.5) is 0 Å². The van der Waals surface area contributed by atoms with Crippen LogP contribution in [0.25, 0.3) is 0 Å². The van der Waals surface area contributed by atoms with Crippen LogP contribution >= 0.6 is 23.4 Å². The molecule has 0 aliphatic carbocycles. The third kappa shape index (κ3) is 3.47. The van der Waals surface area contributed by atoms with Crippen LogP contribution in [-0.2, 0) is 0 Å². The van der Waals surface area contributed by atoms with Gasteiger partial charge in [-0.15, -0.1) is 0 Å². The zero-order valence-electron chi connectivity index (χ0n) is 9.86. The molecule has 2 nitrogen and oxygen atoms in total. The third-order valence-corrected chi connectivity index (χ3v) is 4.49. The van der Waals surface area contributed by atoms with E-state index >= 15 is 0 Å². The number of rotatable bonds is 4. The van der Waals surface area contributed by atoms with Gasteiger partial charge in [0.1, 0.15) is 0 Å². The molecule has 0 amide bonds. The van der Waals surface area contributed by atoms with Crippen molar-refractivity contribution in [3.05, 3.63) is 34.9 Å². The molecule has 0 aromatic heterocycles. The number of ketones is 1. The van der Waals surface area contributed by atoms with E-state index in [1.165, 1.54) is 12.2 Å². The van der Waals surface area contributed by atoms with Gasteiger partial charge in [-0.3, -0.25) is 9.69 Å². The Morgan fingerprint density at radius 1 is 1.47 bits per heavy atom. The molecule has 1 unspecified atom stereocenters. The molecular formula is C13H16ClNOS. The molecule has 0 radical (unpaired) electrons. The number of hydrogen-bond acceptors (Lipinski definition) is 3. The summed E-state index contributed by atoms with van der Waals surface area (Å²) in [5.41, 5.74) is 0.743. The van der Waals surface area contributed by atoms with Crippen molar-refractivity contribution in [1.29, 1.82) is 0 Å². The first-order valence-corrected chi connectivity index (χ1v) is 7.27. The predicted molar refractivity (Wildman–Crippen MR) is 74.1 cm³/mol. The first kappa shape index (κ1) is 12.9. The van der Waals surface area contributed by atoms with E-state index in [4.69, 9.17) is 11.6 Å². The Hall–Kier alpha value is -0.510. The van der Waals surface area contributed by atoms with Crippen molar-refractivity contribution in [2.24, 2.45) is 0 Å². The average molecular weight is 270 g/mol. The normalized spacial score (nSPS) is 19.8. The van der Waals surface area contributed by atoms with Gasteiger partial charge < -0.3 is 0 Å². The summed E-state index contributed by atoms with van der Waals surface area (Å²) >= 11 is 7.77. The third-order valence-electron chi connectivity index (χ3n) is 3.09. The van der Waals surface area contributed by atoms with Crippen molar-refractivity contribution in [3.8, 4) is 0 Å². The highest BCUT2D eigenvalue weighted by Gasteiger charge is 2.21. The summed E-state index contributed by atoms with van der Waals surface area (Å²) in [6, 6.07) is 7.67. The second kappa shape index (κ2) is 5.89. The highest BCUT2D eigenvalue weighted by molar-refractivity contribution is 7.99. The molecule has 0 bridgehead atoms. The van der Waals surface area contributed by atoms with Gasteiger partial charge in [-0.05, 0) is 43.5 Å². The van der Waals surface area contributed by atoms with Crippen molar-refractivity contribution < 1.29 is 4.79 Å². The van der Waals surface area contributed by atoms with E-state index in [0.717, 1.165) is 11.3 Å². The molecule has 0 saturated carbocycles. The standard InChI is InChI=1S/C13H16ClNOS/c1-15(12-6-7-17-9-12)8-13(16)10-2-4-11(14)5-3-10/h2-5,12H,6-9H2,1H3. The van der Waals surface area contributed by atoms with Crippen LogP contribution in [0.5, 0.6) is 0 Å². The molecule has 1 atom stereocenters. The second-order valence-corrected chi connectivity index (χ2v) is 5.95. The zero-order chi connectivity index (χ0) is 12.3. The van der Waals surface area contributed by atoms with Gasteiger partial charge in [-0.2, -0.15) is 11.8 Å². The van der Waals surface area contributed by atoms with Crippen molar-refractivity contribution in [2.45, 2.75) is 12.5 Å². The Balaban J connectivity index is 1.94. The Kier molecular flexibility index (Phi) is 4.48. The predicted octanol–water partition coefficient (Wildman–Crippen LogP) is 2.96. The molecule has 1 fully saturated rings. The van der Waals surface area contributed by atoms with Gasteiger partial charge in [-0.25, -0.2) is 0 Å². The number of hydrogen-bond donors (Lipinski definition) is 0. The van der Waals surface area contributed by atoms with Gasteiger partial charge in [0, 0.05) is 22.4 Å². The molecular weight excluding hydrogens is 254 g/mol. The summed E-state index contributed by atoms with van der Waals surface area (Å²) in [6.45, 7) is 0.493. The maximum absolute atomic E-state index is 12.0. The highest BCUT2D eigenvalue weighted by Crippen LogP contribution is 2.21. The Morgan fingerprint density at radius 3 is 2.76 bits per heavy atom. The number of likely N-dealkylation sites (N-methyl/N-ethyl adjacent to an activating group) is 1. The SMILES string of the molecule is CN(CC(=O)c1ccc(Cl)cc1)C1CCSC1. The minimum Gasteiger partial charge on any atom is -0.295 e. The van der Waals surface area contributed by atoms with Crippen LogP contribution in [0.15, 0.2) is 24.3 Å². The van der Waals surface area contributed by atoms with Crippen molar-refractivity contribution >= 4 is 29.1 Å². The van der Waals surface area contributed by atoms with Gasteiger partial charge in [0.15, 0.2) is 5.78 Å². The molecule has 1 saturated heterocycles. The molecule has 92 valence electrons. The number of nitrogens with zero attached hydrogens (tertiary/aromatic N) is 1. The first-order chi connectivity index (χ1) is 8.16. The van der Waals surface area contributed by atoms with Crippen molar-refractivity contribution in [1.82, 2.24) is 4.90 Å². The first-order valence-electron chi connectivity index (χ1n) is 5.73. The van der Waals surface area contributed by atoms with E-state index in [-0.39, 0.29) is 5.78 Å². The second-order valence-electron chi connectivity index (χ2n) is 4.36. The van der Waals surface area contributed by atoms with Crippen LogP contribution in [0, 0.1) is 0 Å². The lowest BCUT2D eigenvalue weighted by molar-refractivity contribution is 0.0927. The van der Waals surface area contributed by atoms with E-state index in [1.807, 2.05) is 18.8 Å². The fourth-order valence-electron chi connectivity index (χ4n) is 1.95. The molecule has 1 aliphatic heterocycles. The maximum atomic E-state index is 12.0. The van der Waals surface area contributed by atoms with Crippen molar-refractivity contribution in [3.63, 3.8) is 0 Å². The molecule has 1 aromatic rings. The maximum Gasteiger partial charge on any atom is 0.176 e. The Morgan fingerprint density at radius 2 is 2.18 bits per heavy atom. The monoisotopic (exact) mass is 269 g/mol. The summed E-state index contributed by atoms with van der Waals surface area (Å²) in [5, 5.41) is 0.669. The molecule has 1 aromatic carbocycles. The summed E-state index contributed by atoms with van der Waals surface area (Å²) in [4.78, 5) is 14.2. The smallest absolute Gasteiger partial charge is 0.176 e. The van der Waals surface area contributed by atoms with E-state index in [1.54, 1.807) is 24.3 Å².